The van der Waals surface area contributed by atoms with Crippen LogP contribution in [0.5, 0.6) is 0 Å². The second kappa shape index (κ2) is 8.89. The van der Waals surface area contributed by atoms with Gasteiger partial charge in [0.15, 0.2) is 0 Å². The molecule has 0 unspecified atom stereocenters. The minimum atomic E-state index is -0.470. The number of carbonyl (C=O) groups excluding carboxylic acids is 1. The van der Waals surface area contributed by atoms with Crippen LogP contribution in [0.1, 0.15) is 16.8 Å². The Morgan fingerprint density at radius 3 is 2.70 bits per heavy atom. The first-order valence-corrected chi connectivity index (χ1v) is 6.73. The Balaban J connectivity index is 0.00000200. The first-order chi connectivity index (χ1) is 9.27. The molecule has 0 bridgehead atoms. The number of carbonyl (C=O) groups is 1. The van der Waals surface area contributed by atoms with Crippen molar-refractivity contribution in [3.8, 4) is 0 Å². The lowest BCUT2D eigenvalue weighted by atomic mass is 10.2. The molecule has 112 valence electrons. The third-order valence-corrected chi connectivity index (χ3v) is 3.26. The van der Waals surface area contributed by atoms with Gasteiger partial charge in [0, 0.05) is 32.7 Å². The summed E-state index contributed by atoms with van der Waals surface area (Å²) in [6.45, 7) is 5.72. The number of hydrogen-bond acceptors (Lipinski definition) is 3. The van der Waals surface area contributed by atoms with Crippen molar-refractivity contribution in [2.24, 2.45) is 0 Å². The highest BCUT2D eigenvalue weighted by molar-refractivity contribution is 5.94. The Kier molecular flexibility index (Phi) is 7.51. The number of piperazine rings is 1. The van der Waals surface area contributed by atoms with E-state index in [0.29, 0.717) is 6.54 Å². The fourth-order valence-electron chi connectivity index (χ4n) is 2.18. The highest BCUT2D eigenvalue weighted by Gasteiger charge is 2.11. The molecule has 1 aliphatic rings. The first kappa shape index (κ1) is 16.9. The van der Waals surface area contributed by atoms with E-state index in [1.807, 2.05) is 0 Å². The Morgan fingerprint density at radius 1 is 1.30 bits per heavy atom. The van der Waals surface area contributed by atoms with Crippen molar-refractivity contribution in [2.75, 3.05) is 39.3 Å². The topological polar surface area (TPSA) is 44.4 Å². The van der Waals surface area contributed by atoms with Gasteiger partial charge in [-0.2, -0.15) is 0 Å². The standard InChI is InChI=1S/C14H20FN3O.ClH/c15-13-5-2-1-4-12(13)14(19)17-6-3-9-18-10-7-16-8-11-18;/h1-2,4-5,16H,3,6-11H2,(H,17,19);1H. The first-order valence-electron chi connectivity index (χ1n) is 6.73. The van der Waals surface area contributed by atoms with Gasteiger partial charge in [0.2, 0.25) is 0 Å². The molecule has 1 aromatic rings. The number of halogens is 2. The smallest absolute Gasteiger partial charge is 0.254 e. The fraction of sp³-hybridized carbons (Fsp3) is 0.500. The molecule has 1 heterocycles. The zero-order valence-corrected chi connectivity index (χ0v) is 12.2. The molecule has 1 amide bonds. The number of amides is 1. The molecule has 0 saturated carbocycles. The van der Waals surface area contributed by atoms with Crippen LogP contribution in [-0.4, -0.2) is 50.1 Å². The monoisotopic (exact) mass is 301 g/mol. The molecule has 0 aromatic heterocycles. The summed E-state index contributed by atoms with van der Waals surface area (Å²) < 4.78 is 13.4. The normalized spacial score (nSPS) is 15.4. The molecule has 20 heavy (non-hydrogen) atoms. The van der Waals surface area contributed by atoms with Crippen molar-refractivity contribution in [1.82, 2.24) is 15.5 Å². The van der Waals surface area contributed by atoms with Gasteiger partial charge >= 0.3 is 0 Å². The van der Waals surface area contributed by atoms with Crippen molar-refractivity contribution in [1.29, 1.82) is 0 Å². The SMILES string of the molecule is Cl.O=C(NCCCN1CCNCC1)c1ccccc1F. The van der Waals surface area contributed by atoms with Gasteiger partial charge in [0.25, 0.3) is 5.91 Å². The summed E-state index contributed by atoms with van der Waals surface area (Å²) in [5.41, 5.74) is 0.115. The fourth-order valence-corrected chi connectivity index (χ4v) is 2.18. The van der Waals surface area contributed by atoms with Crippen molar-refractivity contribution < 1.29 is 9.18 Å². The van der Waals surface area contributed by atoms with Crippen LogP contribution in [0.4, 0.5) is 4.39 Å². The maximum Gasteiger partial charge on any atom is 0.254 e. The number of benzene rings is 1. The minimum absolute atomic E-state index is 0. The average molecular weight is 302 g/mol. The van der Waals surface area contributed by atoms with E-state index in [2.05, 4.69) is 15.5 Å². The molecule has 1 aromatic carbocycles. The lowest BCUT2D eigenvalue weighted by Gasteiger charge is -2.27. The number of hydrogen-bond donors (Lipinski definition) is 2. The van der Waals surface area contributed by atoms with Gasteiger partial charge in [0.05, 0.1) is 5.56 Å². The number of nitrogens with one attached hydrogen (secondary N) is 2. The van der Waals surface area contributed by atoms with E-state index < -0.39 is 5.82 Å². The Hall–Kier alpha value is -1.17. The molecule has 0 radical (unpaired) electrons. The Bertz CT molecular complexity index is 425. The van der Waals surface area contributed by atoms with E-state index in [1.165, 1.54) is 12.1 Å². The summed E-state index contributed by atoms with van der Waals surface area (Å²) in [5, 5.41) is 6.06. The van der Waals surface area contributed by atoms with Crippen LogP contribution < -0.4 is 10.6 Å². The molecule has 2 N–H and O–H groups in total. The van der Waals surface area contributed by atoms with Gasteiger partial charge in [-0.05, 0) is 25.1 Å². The van der Waals surface area contributed by atoms with Crippen LogP contribution >= 0.6 is 12.4 Å². The summed E-state index contributed by atoms with van der Waals surface area (Å²) in [4.78, 5) is 14.1. The molecule has 1 aliphatic heterocycles. The van der Waals surface area contributed by atoms with Crippen LogP contribution in [0.15, 0.2) is 24.3 Å². The van der Waals surface area contributed by atoms with Gasteiger partial charge in [0.1, 0.15) is 5.82 Å². The zero-order valence-electron chi connectivity index (χ0n) is 11.4. The van der Waals surface area contributed by atoms with E-state index in [0.717, 1.165) is 39.1 Å². The third-order valence-electron chi connectivity index (χ3n) is 3.26. The highest BCUT2D eigenvalue weighted by atomic mass is 35.5. The van der Waals surface area contributed by atoms with E-state index in [9.17, 15) is 9.18 Å². The van der Waals surface area contributed by atoms with Gasteiger partial charge in [-0.15, -0.1) is 12.4 Å². The van der Waals surface area contributed by atoms with Gasteiger partial charge in [-0.3, -0.25) is 4.79 Å². The molecule has 0 atom stereocenters. The van der Waals surface area contributed by atoms with Crippen LogP contribution in [-0.2, 0) is 0 Å². The van der Waals surface area contributed by atoms with E-state index in [-0.39, 0.29) is 23.9 Å². The highest BCUT2D eigenvalue weighted by Crippen LogP contribution is 2.05. The van der Waals surface area contributed by atoms with E-state index in [4.69, 9.17) is 0 Å². The summed E-state index contributed by atoms with van der Waals surface area (Å²) in [7, 11) is 0. The lowest BCUT2D eigenvalue weighted by Crippen LogP contribution is -2.44. The second-order valence-electron chi connectivity index (χ2n) is 4.68. The van der Waals surface area contributed by atoms with Crippen LogP contribution in [0.3, 0.4) is 0 Å². The average Bonchev–Trinajstić information content (AvgIpc) is 2.45. The van der Waals surface area contributed by atoms with Crippen molar-refractivity contribution in [3.05, 3.63) is 35.6 Å². The molecule has 4 nitrogen and oxygen atoms in total. The quantitative estimate of drug-likeness (QED) is 0.805. The van der Waals surface area contributed by atoms with Gasteiger partial charge in [-0.1, -0.05) is 12.1 Å². The van der Waals surface area contributed by atoms with Crippen molar-refractivity contribution >= 4 is 18.3 Å². The molecule has 1 fully saturated rings. The maximum absolute atomic E-state index is 13.4. The molecule has 6 heteroatoms. The minimum Gasteiger partial charge on any atom is -0.352 e. The third kappa shape index (κ3) is 5.07. The maximum atomic E-state index is 13.4. The number of rotatable bonds is 5. The van der Waals surface area contributed by atoms with E-state index in [1.54, 1.807) is 12.1 Å². The lowest BCUT2D eigenvalue weighted by molar-refractivity contribution is 0.0947. The second-order valence-corrected chi connectivity index (χ2v) is 4.68. The van der Waals surface area contributed by atoms with Crippen molar-refractivity contribution in [2.45, 2.75) is 6.42 Å². The zero-order chi connectivity index (χ0) is 13.5. The van der Waals surface area contributed by atoms with Gasteiger partial charge in [-0.25, -0.2) is 4.39 Å². The Labute approximate surface area is 125 Å². The van der Waals surface area contributed by atoms with Crippen LogP contribution in [0, 0.1) is 5.82 Å². The summed E-state index contributed by atoms with van der Waals surface area (Å²) in [6.07, 6.45) is 0.889. The summed E-state index contributed by atoms with van der Waals surface area (Å²) in [5.74, 6) is -0.805. The summed E-state index contributed by atoms with van der Waals surface area (Å²) >= 11 is 0. The predicted molar refractivity (Wildman–Crippen MR) is 79.9 cm³/mol. The predicted octanol–water partition coefficient (Wildman–Crippen LogP) is 1.27. The number of nitrogens with zero attached hydrogens (tertiary/aromatic N) is 1. The van der Waals surface area contributed by atoms with E-state index >= 15 is 0 Å². The molecule has 0 aliphatic carbocycles. The summed E-state index contributed by atoms with van der Waals surface area (Å²) in [6, 6.07) is 6.05. The Morgan fingerprint density at radius 2 is 2.00 bits per heavy atom. The molecule has 2 rings (SSSR count). The molecule has 0 spiro atoms. The van der Waals surface area contributed by atoms with Crippen LogP contribution in [0.25, 0.3) is 0 Å². The van der Waals surface area contributed by atoms with Crippen LogP contribution in [0.2, 0.25) is 0 Å². The van der Waals surface area contributed by atoms with Gasteiger partial charge < -0.3 is 15.5 Å². The largest absolute Gasteiger partial charge is 0.352 e. The van der Waals surface area contributed by atoms with Crippen molar-refractivity contribution in [3.63, 3.8) is 0 Å². The molecular formula is C14H21ClFN3O. The molecular weight excluding hydrogens is 281 g/mol. The molecule has 1 saturated heterocycles.